The minimum atomic E-state index is 0.242. The summed E-state index contributed by atoms with van der Waals surface area (Å²) in [5.74, 6) is 0.242. The molecule has 0 atom stereocenters. The Morgan fingerprint density at radius 2 is 1.78 bits per heavy atom. The Morgan fingerprint density at radius 3 is 2.61 bits per heavy atom. The summed E-state index contributed by atoms with van der Waals surface area (Å²) in [6, 6.07) is 15.7. The lowest BCUT2D eigenvalue weighted by atomic mass is 10.0. The van der Waals surface area contributed by atoms with Crippen molar-refractivity contribution in [3.8, 4) is 5.75 Å². The van der Waals surface area contributed by atoms with Gasteiger partial charge in [-0.3, -0.25) is 0 Å². The van der Waals surface area contributed by atoms with E-state index in [9.17, 15) is 5.11 Å². The number of phenols is 1. The van der Waals surface area contributed by atoms with Crippen LogP contribution in [0.4, 0.5) is 0 Å². The van der Waals surface area contributed by atoms with Gasteiger partial charge in [0.05, 0.1) is 6.26 Å². The van der Waals surface area contributed by atoms with Gasteiger partial charge in [0.15, 0.2) is 0 Å². The van der Waals surface area contributed by atoms with Crippen LogP contribution in [0.3, 0.4) is 0 Å². The normalized spacial score (nSPS) is 10.9. The number of hydrogen-bond donors (Lipinski definition) is 1. The number of aryl methyl sites for hydroxylation is 2. The molecule has 0 aliphatic heterocycles. The van der Waals surface area contributed by atoms with E-state index in [1.165, 1.54) is 11.1 Å². The van der Waals surface area contributed by atoms with Gasteiger partial charge in [-0.1, -0.05) is 30.3 Å². The molecular formula is C16H14O2. The number of rotatable bonds is 3. The van der Waals surface area contributed by atoms with Crippen molar-refractivity contribution in [3.63, 3.8) is 0 Å². The van der Waals surface area contributed by atoms with Crippen molar-refractivity contribution in [3.05, 3.63) is 65.9 Å². The van der Waals surface area contributed by atoms with Crippen molar-refractivity contribution in [2.45, 2.75) is 12.8 Å². The van der Waals surface area contributed by atoms with Crippen LogP contribution in [-0.4, -0.2) is 5.11 Å². The highest BCUT2D eigenvalue weighted by Gasteiger charge is 2.06. The Balaban J connectivity index is 1.83. The van der Waals surface area contributed by atoms with Gasteiger partial charge in [-0.25, -0.2) is 0 Å². The number of aromatic hydroxyl groups is 1. The maximum atomic E-state index is 9.39. The highest BCUT2D eigenvalue weighted by molar-refractivity contribution is 5.82. The van der Waals surface area contributed by atoms with E-state index in [0.717, 1.165) is 23.8 Å². The predicted octanol–water partition coefficient (Wildman–Crippen LogP) is 3.92. The van der Waals surface area contributed by atoms with Crippen molar-refractivity contribution >= 4 is 11.0 Å². The summed E-state index contributed by atoms with van der Waals surface area (Å²) in [6.07, 6.45) is 3.73. The van der Waals surface area contributed by atoms with E-state index in [1.54, 1.807) is 18.4 Å². The number of furan rings is 1. The molecule has 1 N–H and O–H groups in total. The van der Waals surface area contributed by atoms with Crippen LogP contribution in [0.15, 0.2) is 59.2 Å². The summed E-state index contributed by atoms with van der Waals surface area (Å²) in [6.45, 7) is 0. The molecule has 0 radical (unpaired) electrons. The van der Waals surface area contributed by atoms with Crippen molar-refractivity contribution in [2.75, 3.05) is 0 Å². The van der Waals surface area contributed by atoms with Gasteiger partial charge in [-0.05, 0) is 36.1 Å². The third-order valence-electron chi connectivity index (χ3n) is 3.17. The molecule has 1 heterocycles. The lowest BCUT2D eigenvalue weighted by Gasteiger charge is -2.00. The smallest absolute Gasteiger partial charge is 0.137 e. The minimum absolute atomic E-state index is 0.242. The molecule has 90 valence electrons. The third kappa shape index (κ3) is 2.09. The first kappa shape index (κ1) is 10.9. The van der Waals surface area contributed by atoms with Gasteiger partial charge < -0.3 is 9.52 Å². The molecule has 0 bridgehead atoms. The van der Waals surface area contributed by atoms with Gasteiger partial charge in [0.2, 0.25) is 0 Å². The van der Waals surface area contributed by atoms with Crippen molar-refractivity contribution in [1.29, 1.82) is 0 Å². The molecule has 18 heavy (non-hydrogen) atoms. The fourth-order valence-corrected chi connectivity index (χ4v) is 2.19. The van der Waals surface area contributed by atoms with Crippen molar-refractivity contribution < 1.29 is 9.52 Å². The maximum Gasteiger partial charge on any atom is 0.137 e. The van der Waals surface area contributed by atoms with Crippen LogP contribution in [0.2, 0.25) is 0 Å². The van der Waals surface area contributed by atoms with Crippen molar-refractivity contribution in [1.82, 2.24) is 0 Å². The molecular weight excluding hydrogens is 224 g/mol. The zero-order chi connectivity index (χ0) is 12.4. The number of benzene rings is 2. The van der Waals surface area contributed by atoms with Crippen LogP contribution in [0.1, 0.15) is 11.1 Å². The van der Waals surface area contributed by atoms with Gasteiger partial charge >= 0.3 is 0 Å². The van der Waals surface area contributed by atoms with Crippen LogP contribution in [0.25, 0.3) is 11.0 Å². The Morgan fingerprint density at radius 1 is 0.944 bits per heavy atom. The van der Waals surface area contributed by atoms with Gasteiger partial charge in [-0.2, -0.15) is 0 Å². The predicted molar refractivity (Wildman–Crippen MR) is 71.7 cm³/mol. The van der Waals surface area contributed by atoms with Crippen LogP contribution < -0.4 is 0 Å². The van der Waals surface area contributed by atoms with Crippen LogP contribution in [0, 0.1) is 0 Å². The lowest BCUT2D eigenvalue weighted by molar-refractivity contribution is 0.474. The second-order valence-electron chi connectivity index (χ2n) is 4.43. The standard InChI is InChI=1S/C16H14O2/c17-14-8-9-15-13(11-18-16(15)10-14)7-6-12-4-2-1-3-5-12/h1-5,8-11,17H,6-7H2. The molecule has 0 saturated heterocycles. The molecule has 1 aromatic heterocycles. The third-order valence-corrected chi connectivity index (χ3v) is 3.17. The fourth-order valence-electron chi connectivity index (χ4n) is 2.19. The van der Waals surface area contributed by atoms with Crippen LogP contribution in [0.5, 0.6) is 5.75 Å². The number of hydrogen-bond acceptors (Lipinski definition) is 2. The average molecular weight is 238 g/mol. The fraction of sp³-hybridized carbons (Fsp3) is 0.125. The molecule has 0 amide bonds. The summed E-state index contributed by atoms with van der Waals surface area (Å²) in [4.78, 5) is 0. The molecule has 3 aromatic rings. The number of phenolic OH excluding ortho intramolecular Hbond substituents is 1. The van der Waals surface area contributed by atoms with E-state index in [-0.39, 0.29) is 5.75 Å². The second kappa shape index (κ2) is 4.57. The topological polar surface area (TPSA) is 33.4 Å². The molecule has 0 fully saturated rings. The molecule has 2 nitrogen and oxygen atoms in total. The molecule has 3 rings (SSSR count). The number of fused-ring (bicyclic) bond motifs is 1. The molecule has 2 heteroatoms. The van der Waals surface area contributed by atoms with Gasteiger partial charge in [-0.15, -0.1) is 0 Å². The van der Waals surface area contributed by atoms with E-state index in [4.69, 9.17) is 4.42 Å². The van der Waals surface area contributed by atoms with Crippen LogP contribution >= 0.6 is 0 Å². The summed E-state index contributed by atoms with van der Waals surface area (Å²) in [5, 5.41) is 10.5. The first-order valence-corrected chi connectivity index (χ1v) is 6.06. The minimum Gasteiger partial charge on any atom is -0.508 e. The molecule has 0 aliphatic carbocycles. The Labute approximate surface area is 105 Å². The second-order valence-corrected chi connectivity index (χ2v) is 4.43. The quantitative estimate of drug-likeness (QED) is 0.750. The largest absolute Gasteiger partial charge is 0.508 e. The maximum absolute atomic E-state index is 9.39. The van der Waals surface area contributed by atoms with E-state index in [1.807, 2.05) is 12.1 Å². The molecule has 2 aromatic carbocycles. The monoisotopic (exact) mass is 238 g/mol. The van der Waals surface area contributed by atoms with Crippen molar-refractivity contribution in [2.24, 2.45) is 0 Å². The first-order valence-electron chi connectivity index (χ1n) is 6.06. The lowest BCUT2D eigenvalue weighted by Crippen LogP contribution is -1.89. The highest BCUT2D eigenvalue weighted by Crippen LogP contribution is 2.25. The van der Waals surface area contributed by atoms with Crippen LogP contribution in [-0.2, 0) is 12.8 Å². The highest BCUT2D eigenvalue weighted by atomic mass is 16.3. The SMILES string of the molecule is Oc1ccc2c(CCc3ccccc3)coc2c1. The molecule has 0 aliphatic rings. The van der Waals surface area contributed by atoms with E-state index < -0.39 is 0 Å². The van der Waals surface area contributed by atoms with E-state index in [0.29, 0.717) is 0 Å². The first-order chi connectivity index (χ1) is 8.83. The summed E-state index contributed by atoms with van der Waals surface area (Å²) >= 11 is 0. The van der Waals surface area contributed by atoms with Gasteiger partial charge in [0, 0.05) is 11.5 Å². The Bertz CT molecular complexity index is 653. The summed E-state index contributed by atoms with van der Waals surface area (Å²) in [7, 11) is 0. The average Bonchev–Trinajstić information content (AvgIpc) is 2.80. The summed E-state index contributed by atoms with van der Waals surface area (Å²) < 4.78 is 5.46. The van der Waals surface area contributed by atoms with E-state index in [2.05, 4.69) is 24.3 Å². The summed E-state index contributed by atoms with van der Waals surface area (Å²) in [5.41, 5.74) is 3.26. The van der Waals surface area contributed by atoms with E-state index >= 15 is 0 Å². The Hall–Kier alpha value is -2.22. The zero-order valence-corrected chi connectivity index (χ0v) is 9.97. The van der Waals surface area contributed by atoms with Gasteiger partial charge in [0.25, 0.3) is 0 Å². The molecule has 0 spiro atoms. The zero-order valence-electron chi connectivity index (χ0n) is 9.97. The van der Waals surface area contributed by atoms with Gasteiger partial charge in [0.1, 0.15) is 11.3 Å². The Kier molecular flexibility index (Phi) is 2.77. The molecule has 0 saturated carbocycles. The molecule has 0 unspecified atom stereocenters.